The summed E-state index contributed by atoms with van der Waals surface area (Å²) in [4.78, 5) is 26.1. The Hall–Kier alpha value is -2.32. The summed E-state index contributed by atoms with van der Waals surface area (Å²) in [5.41, 5.74) is 0.774. The molecule has 0 saturated carbocycles. The summed E-state index contributed by atoms with van der Waals surface area (Å²) in [7, 11) is -0.183. The first kappa shape index (κ1) is 20.7. The van der Waals surface area contributed by atoms with Gasteiger partial charge in [0.1, 0.15) is 5.71 Å². The Balaban J connectivity index is 2.68. The average Bonchev–Trinajstić information content (AvgIpc) is 2.54. The number of aliphatic imine (C=N–C) groups is 1. The maximum absolute atomic E-state index is 11.9. The molecule has 0 aromatic heterocycles. The van der Waals surface area contributed by atoms with Crippen LogP contribution in [0.2, 0.25) is 0 Å². The first-order chi connectivity index (χ1) is 11.6. The molecule has 1 aromatic carbocycles. The van der Waals surface area contributed by atoms with Gasteiger partial charge in [-0.1, -0.05) is 24.3 Å². The van der Waals surface area contributed by atoms with E-state index in [1.54, 1.807) is 30.3 Å². The van der Waals surface area contributed by atoms with Gasteiger partial charge in [-0.2, -0.15) is 0 Å². The largest absolute Gasteiger partial charge is 0.477 e. The second-order valence-corrected chi connectivity index (χ2v) is 7.88. The first-order valence-electron chi connectivity index (χ1n) is 7.63. The maximum Gasteiger partial charge on any atom is 0.350 e. The zero-order chi connectivity index (χ0) is 19.0. The number of aliphatic carboxylic acids is 1. The lowest BCUT2D eigenvalue weighted by Crippen LogP contribution is -2.24. The smallest absolute Gasteiger partial charge is 0.350 e. The van der Waals surface area contributed by atoms with E-state index in [1.807, 2.05) is 6.08 Å². The molecule has 0 heterocycles. The predicted octanol–water partition coefficient (Wildman–Crippen LogP) is 2.06. The molecule has 136 valence electrons. The lowest BCUT2D eigenvalue weighted by molar-refractivity contribution is -0.129. The summed E-state index contributed by atoms with van der Waals surface area (Å²) in [6.07, 6.45) is 4.70. The zero-order valence-corrected chi connectivity index (χ0v) is 15.3. The number of carbonyl (C=O) groups excluding carboxylic acids is 1. The number of nitrogens with zero attached hydrogens (tertiary/aromatic N) is 2. The van der Waals surface area contributed by atoms with Crippen LogP contribution >= 0.6 is 0 Å². The van der Waals surface area contributed by atoms with E-state index >= 15 is 0 Å². The van der Waals surface area contributed by atoms with E-state index in [0.717, 1.165) is 5.56 Å². The Morgan fingerprint density at radius 2 is 1.96 bits per heavy atom. The molecular formula is C17H22N2O5S. The monoisotopic (exact) mass is 366 g/mol. The van der Waals surface area contributed by atoms with Gasteiger partial charge in [-0.25, -0.2) is 22.5 Å². The van der Waals surface area contributed by atoms with Gasteiger partial charge >= 0.3 is 5.97 Å². The van der Waals surface area contributed by atoms with Crippen molar-refractivity contribution in [2.75, 3.05) is 19.8 Å². The number of benzene rings is 1. The molecule has 0 aliphatic heterocycles. The fraction of sp³-hybridized carbons (Fsp3) is 0.353. The molecule has 0 atom stereocenters. The average molecular weight is 366 g/mol. The van der Waals surface area contributed by atoms with Gasteiger partial charge in [-0.3, -0.25) is 4.79 Å². The summed E-state index contributed by atoms with van der Waals surface area (Å²) < 4.78 is 24.5. The van der Waals surface area contributed by atoms with Crippen molar-refractivity contribution in [2.45, 2.75) is 19.8 Å². The third-order valence-electron chi connectivity index (χ3n) is 3.35. The lowest BCUT2D eigenvalue weighted by Gasteiger charge is -2.09. The van der Waals surface area contributed by atoms with Crippen LogP contribution in [-0.2, 0) is 14.8 Å². The molecule has 0 spiro atoms. The van der Waals surface area contributed by atoms with E-state index in [1.165, 1.54) is 25.3 Å². The van der Waals surface area contributed by atoms with Crippen molar-refractivity contribution in [1.82, 2.24) is 4.31 Å². The third kappa shape index (κ3) is 6.98. The predicted molar refractivity (Wildman–Crippen MR) is 97.3 cm³/mol. The van der Waals surface area contributed by atoms with Gasteiger partial charge < -0.3 is 5.11 Å². The number of sulfonamides is 1. The Labute approximate surface area is 147 Å². The highest BCUT2D eigenvalue weighted by Crippen LogP contribution is 2.10. The number of carbonyl (C=O) groups is 2. The fourth-order valence-corrected chi connectivity index (χ4v) is 2.72. The van der Waals surface area contributed by atoms with Crippen LogP contribution in [0.25, 0.3) is 6.08 Å². The summed E-state index contributed by atoms with van der Waals surface area (Å²) in [6.45, 7) is 1.26. The van der Waals surface area contributed by atoms with Crippen LogP contribution in [0.5, 0.6) is 0 Å². The molecule has 0 bridgehead atoms. The van der Waals surface area contributed by atoms with Crippen LogP contribution in [0.15, 0.2) is 35.3 Å². The number of allylic oxidation sites excluding steroid dienone is 1. The van der Waals surface area contributed by atoms with E-state index in [0.29, 0.717) is 12.8 Å². The van der Waals surface area contributed by atoms with E-state index in [-0.39, 0.29) is 17.0 Å². The minimum atomic E-state index is -3.19. The van der Waals surface area contributed by atoms with Gasteiger partial charge in [0.15, 0.2) is 0 Å². The number of rotatable bonds is 8. The van der Waals surface area contributed by atoms with Gasteiger partial charge in [0.05, 0.1) is 5.75 Å². The van der Waals surface area contributed by atoms with E-state index in [2.05, 4.69) is 4.99 Å². The van der Waals surface area contributed by atoms with Crippen LogP contribution in [0, 0.1) is 0 Å². The molecule has 1 amide bonds. The molecular weight excluding hydrogens is 344 g/mol. The molecule has 0 aliphatic carbocycles. The molecule has 1 aromatic rings. The molecule has 0 radical (unpaired) electrons. The quantitative estimate of drug-likeness (QED) is 0.560. The van der Waals surface area contributed by atoms with Crippen molar-refractivity contribution < 1.29 is 23.1 Å². The Morgan fingerprint density at radius 3 is 2.56 bits per heavy atom. The number of carboxylic acids is 1. The van der Waals surface area contributed by atoms with Crippen molar-refractivity contribution in [3.05, 3.63) is 41.5 Å². The second-order valence-electron chi connectivity index (χ2n) is 5.58. The van der Waals surface area contributed by atoms with E-state index in [9.17, 15) is 18.0 Å². The molecule has 1 N–H and O–H groups in total. The van der Waals surface area contributed by atoms with Crippen molar-refractivity contribution in [1.29, 1.82) is 0 Å². The summed E-state index contributed by atoms with van der Waals surface area (Å²) in [5, 5.41) is 8.75. The molecule has 1 rings (SSSR count). The van der Waals surface area contributed by atoms with Crippen LogP contribution in [0.4, 0.5) is 0 Å². The number of amides is 1. The van der Waals surface area contributed by atoms with Gasteiger partial charge in [0.2, 0.25) is 10.0 Å². The SMILES string of the molecule is CC(=NC(=O)c1cccc(/C=C\CCCS(=O)(=O)N(C)C)c1)C(=O)O. The highest BCUT2D eigenvalue weighted by Gasteiger charge is 2.12. The van der Waals surface area contributed by atoms with Crippen LogP contribution in [0.1, 0.15) is 35.7 Å². The summed E-state index contributed by atoms with van der Waals surface area (Å²) >= 11 is 0. The molecule has 0 saturated heterocycles. The molecule has 0 fully saturated rings. The van der Waals surface area contributed by atoms with Crippen LogP contribution in [0.3, 0.4) is 0 Å². The minimum absolute atomic E-state index is 0.0754. The number of carboxylic acid groups (broad SMARTS) is 1. The third-order valence-corrected chi connectivity index (χ3v) is 5.27. The molecule has 0 aliphatic rings. The lowest BCUT2D eigenvalue weighted by atomic mass is 10.1. The van der Waals surface area contributed by atoms with Gasteiger partial charge in [-0.05, 0) is 37.5 Å². The number of hydrogen-bond acceptors (Lipinski definition) is 4. The van der Waals surface area contributed by atoms with Crippen molar-refractivity contribution in [3.8, 4) is 0 Å². The number of hydrogen-bond donors (Lipinski definition) is 1. The van der Waals surface area contributed by atoms with Crippen molar-refractivity contribution >= 4 is 33.7 Å². The molecule has 8 heteroatoms. The van der Waals surface area contributed by atoms with Crippen molar-refractivity contribution in [3.63, 3.8) is 0 Å². The van der Waals surface area contributed by atoms with Gasteiger partial charge in [0.25, 0.3) is 5.91 Å². The minimum Gasteiger partial charge on any atom is -0.477 e. The Morgan fingerprint density at radius 1 is 1.28 bits per heavy atom. The summed E-state index contributed by atoms with van der Waals surface area (Å²) in [5.74, 6) is -1.78. The second kappa shape index (κ2) is 9.24. The van der Waals surface area contributed by atoms with E-state index < -0.39 is 21.9 Å². The van der Waals surface area contributed by atoms with Crippen molar-refractivity contribution in [2.24, 2.45) is 4.99 Å². The first-order valence-corrected chi connectivity index (χ1v) is 9.24. The highest BCUT2D eigenvalue weighted by atomic mass is 32.2. The highest BCUT2D eigenvalue weighted by molar-refractivity contribution is 7.89. The normalized spacial score (nSPS) is 12.7. The Bertz CT molecular complexity index is 795. The van der Waals surface area contributed by atoms with Crippen LogP contribution < -0.4 is 0 Å². The molecule has 7 nitrogen and oxygen atoms in total. The Kier molecular flexibility index (Phi) is 7.66. The zero-order valence-electron chi connectivity index (χ0n) is 14.5. The topological polar surface area (TPSA) is 104 Å². The van der Waals surface area contributed by atoms with Gasteiger partial charge in [0, 0.05) is 19.7 Å². The molecule has 0 unspecified atom stereocenters. The van der Waals surface area contributed by atoms with Crippen LogP contribution in [-0.4, -0.2) is 55.3 Å². The summed E-state index contributed by atoms with van der Waals surface area (Å²) in [6, 6.07) is 6.63. The standard InChI is InChI=1S/C17H22N2O5S/c1-13(17(21)22)18-16(20)15-10-7-9-14(12-15)8-5-4-6-11-25(23,24)19(2)3/h5,7-10,12H,4,6,11H2,1-3H3,(H,21,22)/b8-5-,18-13?. The maximum atomic E-state index is 11.9. The number of unbranched alkanes of at least 4 members (excludes halogenated alkanes) is 1. The fourth-order valence-electron chi connectivity index (χ4n) is 1.83. The van der Waals surface area contributed by atoms with Gasteiger partial charge in [-0.15, -0.1) is 0 Å². The molecule has 25 heavy (non-hydrogen) atoms. The van der Waals surface area contributed by atoms with E-state index in [4.69, 9.17) is 5.11 Å².